The number of carbonyl (C=O) groups excluding carboxylic acids is 1. The van der Waals surface area contributed by atoms with Gasteiger partial charge < -0.3 is 10.0 Å². The van der Waals surface area contributed by atoms with Crippen LogP contribution in [0.3, 0.4) is 0 Å². The monoisotopic (exact) mass is 264 g/mol. The Labute approximate surface area is 110 Å². The Balaban J connectivity index is 1.68. The smallest absolute Gasteiger partial charge is 0.306 e. The van der Waals surface area contributed by atoms with E-state index < -0.39 is 11.5 Å². The van der Waals surface area contributed by atoms with Crippen molar-refractivity contribution in [3.05, 3.63) is 12.4 Å². The minimum absolute atomic E-state index is 0.0573. The molecule has 2 fully saturated rings. The molecule has 7 heteroatoms. The topological polar surface area (TPSA) is 88.3 Å². The molecular weight excluding hydrogens is 248 g/mol. The number of amides is 1. The third-order valence-electron chi connectivity index (χ3n) is 4.11. The van der Waals surface area contributed by atoms with Gasteiger partial charge in [0.05, 0.1) is 12.1 Å². The molecule has 0 atom stereocenters. The Morgan fingerprint density at radius 3 is 2.42 bits per heavy atom. The molecular formula is C12H16N4O3. The Morgan fingerprint density at radius 1 is 1.26 bits per heavy atom. The molecule has 1 saturated heterocycles. The summed E-state index contributed by atoms with van der Waals surface area (Å²) < 4.78 is 1.64. The Kier molecular flexibility index (Phi) is 2.76. The van der Waals surface area contributed by atoms with E-state index in [1.165, 1.54) is 0 Å². The number of carboxylic acid groups (broad SMARTS) is 1. The Bertz CT molecular complexity index is 487. The van der Waals surface area contributed by atoms with Gasteiger partial charge in [0.15, 0.2) is 0 Å². The van der Waals surface area contributed by atoms with E-state index in [0.29, 0.717) is 25.9 Å². The molecule has 0 unspecified atom stereocenters. The van der Waals surface area contributed by atoms with Crippen LogP contribution in [0.4, 0.5) is 0 Å². The second-order valence-electron chi connectivity index (χ2n) is 5.28. The number of aliphatic carboxylic acids is 1. The average Bonchev–Trinajstić information content (AvgIpc) is 3.05. The molecule has 1 amide bonds. The molecule has 2 aliphatic rings. The lowest BCUT2D eigenvalue weighted by Gasteiger charge is -2.32. The summed E-state index contributed by atoms with van der Waals surface area (Å²) in [5, 5.41) is 16.7. The number of rotatable bonds is 3. The fourth-order valence-electron chi connectivity index (χ4n) is 2.72. The lowest BCUT2D eigenvalue weighted by Crippen LogP contribution is -2.47. The highest BCUT2D eigenvalue weighted by Crippen LogP contribution is 2.44. The predicted molar refractivity (Wildman–Crippen MR) is 64.2 cm³/mol. The summed E-state index contributed by atoms with van der Waals surface area (Å²) in [5.41, 5.74) is -0.549. The van der Waals surface area contributed by atoms with Crippen LogP contribution in [0.1, 0.15) is 25.7 Å². The van der Waals surface area contributed by atoms with Gasteiger partial charge in [-0.3, -0.25) is 9.59 Å². The van der Waals surface area contributed by atoms with Crippen LogP contribution in [0.2, 0.25) is 0 Å². The van der Waals surface area contributed by atoms with Crippen LogP contribution < -0.4 is 0 Å². The molecule has 2 heterocycles. The van der Waals surface area contributed by atoms with E-state index in [-0.39, 0.29) is 11.8 Å². The van der Waals surface area contributed by atoms with Gasteiger partial charge in [0.25, 0.3) is 5.91 Å². The molecule has 19 heavy (non-hydrogen) atoms. The number of piperidine rings is 1. The lowest BCUT2D eigenvalue weighted by atomic mass is 9.96. The van der Waals surface area contributed by atoms with E-state index in [0.717, 1.165) is 12.8 Å². The van der Waals surface area contributed by atoms with Gasteiger partial charge >= 0.3 is 5.97 Å². The quantitative estimate of drug-likeness (QED) is 0.836. The first-order valence-electron chi connectivity index (χ1n) is 6.52. The molecule has 1 aliphatic carbocycles. The van der Waals surface area contributed by atoms with Gasteiger partial charge in [0.2, 0.25) is 0 Å². The van der Waals surface area contributed by atoms with Crippen molar-refractivity contribution in [2.45, 2.75) is 31.2 Å². The second-order valence-corrected chi connectivity index (χ2v) is 5.28. The zero-order chi connectivity index (χ0) is 13.5. The van der Waals surface area contributed by atoms with Crippen LogP contribution in [0.15, 0.2) is 12.4 Å². The van der Waals surface area contributed by atoms with E-state index in [2.05, 4.69) is 10.3 Å². The van der Waals surface area contributed by atoms with Crippen molar-refractivity contribution in [3.63, 3.8) is 0 Å². The summed E-state index contributed by atoms with van der Waals surface area (Å²) >= 11 is 0. The lowest BCUT2D eigenvalue weighted by molar-refractivity contribution is -0.147. The maximum Gasteiger partial charge on any atom is 0.306 e. The number of carboxylic acids is 1. The van der Waals surface area contributed by atoms with Gasteiger partial charge in [-0.25, -0.2) is 4.68 Å². The number of likely N-dealkylation sites (tertiary alicyclic amines) is 1. The van der Waals surface area contributed by atoms with E-state index in [1.54, 1.807) is 22.0 Å². The number of carbonyl (C=O) groups is 2. The maximum atomic E-state index is 12.5. The van der Waals surface area contributed by atoms with E-state index in [4.69, 9.17) is 5.11 Å². The van der Waals surface area contributed by atoms with Gasteiger partial charge in [0, 0.05) is 19.3 Å². The van der Waals surface area contributed by atoms with Crippen LogP contribution in [-0.4, -0.2) is 50.0 Å². The number of hydrogen-bond donors (Lipinski definition) is 1. The Morgan fingerprint density at radius 2 is 1.95 bits per heavy atom. The summed E-state index contributed by atoms with van der Waals surface area (Å²) in [4.78, 5) is 25.2. The van der Waals surface area contributed by atoms with Crippen molar-refractivity contribution in [1.29, 1.82) is 0 Å². The molecule has 0 aromatic carbocycles. The van der Waals surface area contributed by atoms with Crippen molar-refractivity contribution in [3.8, 4) is 0 Å². The van der Waals surface area contributed by atoms with Crippen LogP contribution >= 0.6 is 0 Å². The van der Waals surface area contributed by atoms with Crippen LogP contribution in [-0.2, 0) is 15.1 Å². The molecule has 7 nitrogen and oxygen atoms in total. The van der Waals surface area contributed by atoms with Gasteiger partial charge in [0.1, 0.15) is 5.54 Å². The van der Waals surface area contributed by atoms with Gasteiger partial charge in [-0.15, -0.1) is 5.10 Å². The molecule has 1 N–H and O–H groups in total. The molecule has 0 radical (unpaired) electrons. The molecule has 0 bridgehead atoms. The predicted octanol–water partition coefficient (Wildman–Crippen LogP) is 0.0904. The number of nitrogens with zero attached hydrogens (tertiary/aromatic N) is 4. The highest BCUT2D eigenvalue weighted by Gasteiger charge is 2.54. The van der Waals surface area contributed by atoms with Crippen LogP contribution in [0.5, 0.6) is 0 Å². The molecule has 1 aliphatic heterocycles. The van der Waals surface area contributed by atoms with Crippen molar-refractivity contribution in [2.24, 2.45) is 5.92 Å². The molecule has 0 spiro atoms. The van der Waals surface area contributed by atoms with Crippen LogP contribution in [0.25, 0.3) is 0 Å². The zero-order valence-electron chi connectivity index (χ0n) is 10.5. The zero-order valence-corrected chi connectivity index (χ0v) is 10.5. The largest absolute Gasteiger partial charge is 0.481 e. The van der Waals surface area contributed by atoms with Crippen molar-refractivity contribution < 1.29 is 14.7 Å². The fourth-order valence-corrected chi connectivity index (χ4v) is 2.72. The summed E-state index contributed by atoms with van der Waals surface area (Å²) in [6.07, 6.45) is 5.93. The first-order chi connectivity index (χ1) is 9.13. The van der Waals surface area contributed by atoms with Gasteiger partial charge in [-0.05, 0) is 25.7 Å². The first-order valence-corrected chi connectivity index (χ1v) is 6.52. The molecule has 3 rings (SSSR count). The summed E-state index contributed by atoms with van der Waals surface area (Å²) in [6, 6.07) is 0. The third kappa shape index (κ3) is 1.98. The molecule has 1 aromatic rings. The van der Waals surface area contributed by atoms with E-state index in [1.807, 2.05) is 0 Å². The highest BCUT2D eigenvalue weighted by atomic mass is 16.4. The standard InChI is InChI=1S/C12H16N4O3/c17-10(18)9-1-6-15(7-2-9)11(19)12(3-4-12)16-8-5-13-14-16/h5,8-9H,1-4,6-7H2,(H,17,18). The number of hydrogen-bond acceptors (Lipinski definition) is 4. The normalized spacial score (nSPS) is 22.2. The minimum Gasteiger partial charge on any atom is -0.481 e. The first kappa shape index (κ1) is 12.1. The summed E-state index contributed by atoms with van der Waals surface area (Å²) in [6.45, 7) is 1.04. The van der Waals surface area contributed by atoms with Gasteiger partial charge in [-0.1, -0.05) is 5.21 Å². The SMILES string of the molecule is O=C(O)C1CCN(C(=O)C2(n3ccnn3)CC2)CC1. The summed E-state index contributed by atoms with van der Waals surface area (Å²) in [7, 11) is 0. The van der Waals surface area contributed by atoms with Crippen LogP contribution in [0, 0.1) is 5.92 Å². The average molecular weight is 264 g/mol. The van der Waals surface area contributed by atoms with Gasteiger partial charge in [-0.2, -0.15) is 0 Å². The molecule has 102 valence electrons. The number of aromatic nitrogens is 3. The Hall–Kier alpha value is -1.92. The minimum atomic E-state index is -0.760. The van der Waals surface area contributed by atoms with Crippen molar-refractivity contribution in [2.75, 3.05) is 13.1 Å². The summed E-state index contributed by atoms with van der Waals surface area (Å²) in [5.74, 6) is -1.02. The maximum absolute atomic E-state index is 12.5. The second kappa shape index (κ2) is 4.32. The van der Waals surface area contributed by atoms with Crippen molar-refractivity contribution >= 4 is 11.9 Å². The van der Waals surface area contributed by atoms with E-state index >= 15 is 0 Å². The third-order valence-corrected chi connectivity index (χ3v) is 4.11. The highest BCUT2D eigenvalue weighted by molar-refractivity contribution is 5.87. The van der Waals surface area contributed by atoms with E-state index in [9.17, 15) is 9.59 Å². The van der Waals surface area contributed by atoms with Crippen molar-refractivity contribution in [1.82, 2.24) is 19.9 Å². The molecule has 1 saturated carbocycles. The molecule has 1 aromatic heterocycles. The fraction of sp³-hybridized carbons (Fsp3) is 0.667.